The quantitative estimate of drug-likeness (QED) is 0.919. The number of ether oxygens (including phenoxy) is 1. The lowest BCUT2D eigenvalue weighted by Crippen LogP contribution is -2.26. The predicted octanol–water partition coefficient (Wildman–Crippen LogP) is 1.47. The number of hydrogen-bond donors (Lipinski definition) is 1. The van der Waals surface area contributed by atoms with E-state index >= 15 is 0 Å². The van der Waals surface area contributed by atoms with Crippen LogP contribution in [0.5, 0.6) is 5.88 Å². The lowest BCUT2D eigenvalue weighted by molar-refractivity contribution is 0.392. The summed E-state index contributed by atoms with van der Waals surface area (Å²) in [5.74, 6) is 1.79. The molecule has 2 aliphatic rings. The molecule has 0 radical (unpaired) electrons. The van der Waals surface area contributed by atoms with Crippen LogP contribution >= 0.6 is 0 Å². The van der Waals surface area contributed by atoms with E-state index in [9.17, 15) is 0 Å². The lowest BCUT2D eigenvalue weighted by Gasteiger charge is -2.19. The number of aromatic nitrogens is 4. The second kappa shape index (κ2) is 5.04. The molecule has 1 N–H and O–H groups in total. The van der Waals surface area contributed by atoms with E-state index in [1.54, 1.807) is 13.2 Å². The highest BCUT2D eigenvalue weighted by Gasteiger charge is 2.31. The van der Waals surface area contributed by atoms with E-state index in [2.05, 4.69) is 15.5 Å². The van der Waals surface area contributed by atoms with Crippen molar-refractivity contribution in [3.05, 3.63) is 29.1 Å². The number of rotatable bonds is 3. The standard InChI is InChI=1S/C15H17N5O/c1-21-13-5-4-12(19-20-13)15-17-11-6-7-16-8-10(11)14(18-15)9-2-3-9/h4-5,9,16H,2-3,6-8H2,1H3. The van der Waals surface area contributed by atoms with Gasteiger partial charge in [0.25, 0.3) is 0 Å². The van der Waals surface area contributed by atoms with E-state index in [1.807, 2.05) is 6.07 Å². The summed E-state index contributed by atoms with van der Waals surface area (Å²) in [5.41, 5.74) is 4.38. The Morgan fingerprint density at radius 3 is 2.81 bits per heavy atom. The maximum atomic E-state index is 5.04. The molecule has 1 saturated carbocycles. The predicted molar refractivity (Wildman–Crippen MR) is 77.0 cm³/mol. The molecule has 2 aromatic heterocycles. The summed E-state index contributed by atoms with van der Waals surface area (Å²) in [7, 11) is 1.58. The number of nitrogens with one attached hydrogen (secondary N) is 1. The Morgan fingerprint density at radius 1 is 1.19 bits per heavy atom. The van der Waals surface area contributed by atoms with Gasteiger partial charge in [0.15, 0.2) is 5.82 Å². The first-order valence-electron chi connectivity index (χ1n) is 7.33. The molecule has 6 nitrogen and oxygen atoms in total. The van der Waals surface area contributed by atoms with E-state index in [4.69, 9.17) is 14.7 Å². The molecule has 3 heterocycles. The molecule has 0 spiro atoms. The summed E-state index contributed by atoms with van der Waals surface area (Å²) in [4.78, 5) is 9.49. The van der Waals surface area contributed by atoms with Gasteiger partial charge in [0, 0.05) is 37.1 Å². The molecule has 2 aromatic rings. The van der Waals surface area contributed by atoms with E-state index in [0.29, 0.717) is 23.3 Å². The number of methoxy groups -OCH3 is 1. The van der Waals surface area contributed by atoms with Gasteiger partial charge in [-0.3, -0.25) is 0 Å². The molecule has 1 aliphatic carbocycles. The average Bonchev–Trinajstić information content (AvgIpc) is 3.39. The first-order chi connectivity index (χ1) is 10.3. The zero-order valence-electron chi connectivity index (χ0n) is 12.0. The van der Waals surface area contributed by atoms with Crippen molar-refractivity contribution in [3.8, 4) is 17.4 Å². The Balaban J connectivity index is 1.79. The lowest BCUT2D eigenvalue weighted by atomic mass is 10.0. The summed E-state index contributed by atoms with van der Waals surface area (Å²) in [6, 6.07) is 3.66. The fourth-order valence-electron chi connectivity index (χ4n) is 2.73. The van der Waals surface area contributed by atoms with Gasteiger partial charge in [-0.25, -0.2) is 9.97 Å². The minimum atomic E-state index is 0.503. The molecule has 21 heavy (non-hydrogen) atoms. The second-order valence-corrected chi connectivity index (χ2v) is 5.52. The number of fused-ring (bicyclic) bond motifs is 1. The molecular formula is C15H17N5O. The van der Waals surface area contributed by atoms with Gasteiger partial charge in [-0.05, 0) is 18.9 Å². The SMILES string of the molecule is COc1ccc(-c2nc3c(c(C4CC4)n2)CNCC3)nn1. The highest BCUT2D eigenvalue weighted by molar-refractivity contribution is 5.51. The summed E-state index contributed by atoms with van der Waals surface area (Å²) < 4.78 is 5.04. The van der Waals surface area contributed by atoms with E-state index < -0.39 is 0 Å². The van der Waals surface area contributed by atoms with Gasteiger partial charge in [0.1, 0.15) is 5.69 Å². The highest BCUT2D eigenvalue weighted by Crippen LogP contribution is 2.42. The molecule has 0 unspecified atom stereocenters. The molecule has 0 aromatic carbocycles. The second-order valence-electron chi connectivity index (χ2n) is 5.52. The van der Waals surface area contributed by atoms with Gasteiger partial charge in [0.05, 0.1) is 18.5 Å². The van der Waals surface area contributed by atoms with E-state index in [0.717, 1.165) is 19.5 Å². The van der Waals surface area contributed by atoms with Gasteiger partial charge in [0.2, 0.25) is 5.88 Å². The van der Waals surface area contributed by atoms with Crippen molar-refractivity contribution in [2.75, 3.05) is 13.7 Å². The molecule has 0 saturated heterocycles. The summed E-state index contributed by atoms with van der Waals surface area (Å²) in [5, 5.41) is 11.6. The van der Waals surface area contributed by atoms with Gasteiger partial charge >= 0.3 is 0 Å². The van der Waals surface area contributed by atoms with Crippen molar-refractivity contribution in [3.63, 3.8) is 0 Å². The maximum absolute atomic E-state index is 5.04. The van der Waals surface area contributed by atoms with Crippen molar-refractivity contribution in [2.45, 2.75) is 31.7 Å². The molecular weight excluding hydrogens is 266 g/mol. The highest BCUT2D eigenvalue weighted by atomic mass is 16.5. The van der Waals surface area contributed by atoms with Crippen LogP contribution in [0.1, 0.15) is 35.7 Å². The third-order valence-electron chi connectivity index (χ3n) is 4.01. The van der Waals surface area contributed by atoms with Crippen molar-refractivity contribution in [1.82, 2.24) is 25.5 Å². The van der Waals surface area contributed by atoms with Gasteiger partial charge in [-0.2, -0.15) is 0 Å². The Morgan fingerprint density at radius 2 is 2.10 bits per heavy atom. The van der Waals surface area contributed by atoms with Gasteiger partial charge in [-0.1, -0.05) is 0 Å². The van der Waals surface area contributed by atoms with Crippen LogP contribution in [0.15, 0.2) is 12.1 Å². The zero-order chi connectivity index (χ0) is 14.2. The minimum Gasteiger partial charge on any atom is -0.480 e. The molecule has 0 amide bonds. The van der Waals surface area contributed by atoms with E-state index in [1.165, 1.54) is 29.8 Å². The largest absolute Gasteiger partial charge is 0.480 e. The van der Waals surface area contributed by atoms with Crippen LogP contribution in [-0.2, 0) is 13.0 Å². The fourth-order valence-corrected chi connectivity index (χ4v) is 2.73. The summed E-state index contributed by atoms with van der Waals surface area (Å²) >= 11 is 0. The first-order valence-corrected chi connectivity index (χ1v) is 7.33. The molecule has 0 bridgehead atoms. The first kappa shape index (κ1) is 12.6. The third kappa shape index (κ3) is 2.35. The van der Waals surface area contributed by atoms with Crippen LogP contribution in [0.3, 0.4) is 0 Å². The Bertz CT molecular complexity index is 667. The Kier molecular flexibility index (Phi) is 3.03. The van der Waals surface area contributed by atoms with Crippen LogP contribution in [0.2, 0.25) is 0 Å². The van der Waals surface area contributed by atoms with Crippen LogP contribution < -0.4 is 10.1 Å². The molecule has 0 atom stereocenters. The van der Waals surface area contributed by atoms with Crippen LogP contribution in [0.25, 0.3) is 11.5 Å². The average molecular weight is 283 g/mol. The topological polar surface area (TPSA) is 72.8 Å². The third-order valence-corrected chi connectivity index (χ3v) is 4.01. The number of hydrogen-bond acceptors (Lipinski definition) is 6. The fraction of sp³-hybridized carbons (Fsp3) is 0.467. The smallest absolute Gasteiger partial charge is 0.233 e. The number of nitrogens with zero attached hydrogens (tertiary/aromatic N) is 4. The molecule has 108 valence electrons. The monoisotopic (exact) mass is 283 g/mol. The molecule has 1 fully saturated rings. The Labute approximate surface area is 123 Å². The van der Waals surface area contributed by atoms with E-state index in [-0.39, 0.29) is 0 Å². The minimum absolute atomic E-state index is 0.503. The molecule has 6 heteroatoms. The maximum Gasteiger partial charge on any atom is 0.233 e. The normalized spacial score (nSPS) is 17.4. The van der Waals surface area contributed by atoms with Gasteiger partial charge in [-0.15, -0.1) is 10.2 Å². The summed E-state index contributed by atoms with van der Waals surface area (Å²) in [6.45, 7) is 1.86. The van der Waals surface area contributed by atoms with Crippen molar-refractivity contribution in [1.29, 1.82) is 0 Å². The van der Waals surface area contributed by atoms with Gasteiger partial charge < -0.3 is 10.1 Å². The van der Waals surface area contributed by atoms with Crippen LogP contribution in [0.4, 0.5) is 0 Å². The van der Waals surface area contributed by atoms with Crippen molar-refractivity contribution in [2.24, 2.45) is 0 Å². The summed E-state index contributed by atoms with van der Waals surface area (Å²) in [6.07, 6.45) is 3.42. The van der Waals surface area contributed by atoms with Crippen LogP contribution in [0, 0.1) is 0 Å². The van der Waals surface area contributed by atoms with Crippen molar-refractivity contribution >= 4 is 0 Å². The zero-order valence-corrected chi connectivity index (χ0v) is 12.0. The molecule has 4 rings (SSSR count). The van der Waals surface area contributed by atoms with Crippen LogP contribution in [-0.4, -0.2) is 33.8 Å². The van der Waals surface area contributed by atoms with Crippen molar-refractivity contribution < 1.29 is 4.74 Å². The molecule has 1 aliphatic heterocycles. The Hall–Kier alpha value is -2.08.